The molecule has 0 aliphatic heterocycles. The molecule has 1 aromatic heterocycles. The van der Waals surface area contributed by atoms with Gasteiger partial charge in [0.25, 0.3) is 6.43 Å². The molecule has 0 radical (unpaired) electrons. The van der Waals surface area contributed by atoms with Gasteiger partial charge in [-0.15, -0.1) is 0 Å². The number of nitriles is 1. The molecule has 15 heavy (non-hydrogen) atoms. The number of halogens is 4. The standard InChI is InChI=1S/C9H6BrF2IN2/c10-4-5-3-6(1-2-14)15-9(13)7(5)8(11)12/h3,8H,1,4H2. The molecule has 0 bridgehead atoms. The van der Waals surface area contributed by atoms with Gasteiger partial charge in [0.2, 0.25) is 0 Å². The molecule has 0 aliphatic carbocycles. The molecule has 0 spiro atoms. The van der Waals surface area contributed by atoms with Crippen LogP contribution in [-0.2, 0) is 11.8 Å². The lowest BCUT2D eigenvalue weighted by Gasteiger charge is -2.09. The molecule has 0 aliphatic rings. The average Bonchev–Trinajstić information content (AvgIpc) is 2.16. The highest BCUT2D eigenvalue weighted by atomic mass is 127. The fourth-order valence-electron chi connectivity index (χ4n) is 1.14. The first kappa shape index (κ1) is 12.8. The Balaban J connectivity index is 3.25. The Kier molecular flexibility index (Phi) is 4.86. The predicted molar refractivity (Wildman–Crippen MR) is 63.9 cm³/mol. The minimum absolute atomic E-state index is 0.0471. The van der Waals surface area contributed by atoms with Gasteiger partial charge in [0.1, 0.15) is 3.70 Å². The van der Waals surface area contributed by atoms with Gasteiger partial charge in [-0.1, -0.05) is 15.9 Å². The number of aromatic nitrogens is 1. The van der Waals surface area contributed by atoms with E-state index in [1.165, 1.54) is 0 Å². The molecule has 0 unspecified atom stereocenters. The van der Waals surface area contributed by atoms with Gasteiger partial charge in [-0.3, -0.25) is 0 Å². The molecule has 0 fully saturated rings. The maximum Gasteiger partial charge on any atom is 0.266 e. The SMILES string of the molecule is N#CCc1cc(CBr)c(C(F)F)c(I)n1. The lowest BCUT2D eigenvalue weighted by Crippen LogP contribution is -2.02. The van der Waals surface area contributed by atoms with Crippen LogP contribution in [0.4, 0.5) is 8.78 Å². The second kappa shape index (κ2) is 5.70. The van der Waals surface area contributed by atoms with E-state index in [-0.39, 0.29) is 15.7 Å². The Hall–Kier alpha value is -0.290. The van der Waals surface area contributed by atoms with Crippen LogP contribution in [0.25, 0.3) is 0 Å². The molecule has 0 saturated carbocycles. The summed E-state index contributed by atoms with van der Waals surface area (Å²) >= 11 is 4.92. The summed E-state index contributed by atoms with van der Waals surface area (Å²) in [5, 5.41) is 8.84. The van der Waals surface area contributed by atoms with E-state index < -0.39 is 6.43 Å². The Labute approximate surface area is 108 Å². The molecular formula is C9H6BrF2IN2. The zero-order valence-electron chi connectivity index (χ0n) is 7.48. The fourth-order valence-corrected chi connectivity index (χ4v) is 2.50. The van der Waals surface area contributed by atoms with Crippen molar-refractivity contribution in [3.8, 4) is 6.07 Å². The number of alkyl halides is 3. The van der Waals surface area contributed by atoms with E-state index in [2.05, 4.69) is 20.9 Å². The maximum atomic E-state index is 12.7. The van der Waals surface area contributed by atoms with Gasteiger partial charge in [-0.2, -0.15) is 5.26 Å². The van der Waals surface area contributed by atoms with Gasteiger partial charge < -0.3 is 0 Å². The third-order valence-electron chi connectivity index (χ3n) is 1.77. The normalized spacial score (nSPS) is 10.4. The minimum Gasteiger partial charge on any atom is -0.245 e. The molecule has 80 valence electrons. The second-order valence-electron chi connectivity index (χ2n) is 2.75. The summed E-state index contributed by atoms with van der Waals surface area (Å²) in [6.07, 6.45) is -2.40. The van der Waals surface area contributed by atoms with E-state index in [1.807, 2.05) is 6.07 Å². The Morgan fingerprint density at radius 3 is 2.73 bits per heavy atom. The molecule has 6 heteroatoms. The quantitative estimate of drug-likeness (QED) is 0.452. The smallest absolute Gasteiger partial charge is 0.245 e. The highest BCUT2D eigenvalue weighted by Crippen LogP contribution is 2.29. The third kappa shape index (κ3) is 3.08. The maximum absolute atomic E-state index is 12.7. The minimum atomic E-state index is -2.53. The summed E-state index contributed by atoms with van der Waals surface area (Å²) < 4.78 is 25.6. The van der Waals surface area contributed by atoms with Crippen LogP contribution in [0.5, 0.6) is 0 Å². The molecule has 0 N–H and O–H groups in total. The van der Waals surface area contributed by atoms with Crippen LogP contribution in [0.2, 0.25) is 0 Å². The van der Waals surface area contributed by atoms with Crippen LogP contribution in [0, 0.1) is 15.0 Å². The monoisotopic (exact) mass is 386 g/mol. The molecule has 2 nitrogen and oxygen atoms in total. The Bertz CT molecular complexity index is 404. The van der Waals surface area contributed by atoms with Crippen LogP contribution in [0.1, 0.15) is 23.2 Å². The fraction of sp³-hybridized carbons (Fsp3) is 0.333. The van der Waals surface area contributed by atoms with E-state index in [4.69, 9.17) is 5.26 Å². The molecule has 0 saturated heterocycles. The molecule has 1 heterocycles. The van der Waals surface area contributed by atoms with Crippen molar-refractivity contribution in [2.75, 3.05) is 0 Å². The van der Waals surface area contributed by atoms with E-state index in [9.17, 15) is 8.78 Å². The van der Waals surface area contributed by atoms with Crippen molar-refractivity contribution in [1.29, 1.82) is 5.26 Å². The Morgan fingerprint density at radius 1 is 1.60 bits per heavy atom. The number of pyridine rings is 1. The van der Waals surface area contributed by atoms with E-state index >= 15 is 0 Å². The van der Waals surface area contributed by atoms with Gasteiger partial charge in [-0.05, 0) is 34.2 Å². The molecule has 0 atom stereocenters. The Morgan fingerprint density at radius 2 is 2.27 bits per heavy atom. The van der Waals surface area contributed by atoms with Gasteiger partial charge in [-0.25, -0.2) is 13.8 Å². The van der Waals surface area contributed by atoms with Gasteiger partial charge in [0.15, 0.2) is 0 Å². The summed E-state index contributed by atoms with van der Waals surface area (Å²) in [5.41, 5.74) is 0.976. The van der Waals surface area contributed by atoms with Gasteiger partial charge >= 0.3 is 0 Å². The van der Waals surface area contributed by atoms with Crippen molar-refractivity contribution < 1.29 is 8.78 Å². The highest BCUT2D eigenvalue weighted by Gasteiger charge is 2.18. The van der Waals surface area contributed by atoms with Crippen molar-refractivity contribution in [3.63, 3.8) is 0 Å². The van der Waals surface area contributed by atoms with Crippen LogP contribution >= 0.6 is 38.5 Å². The zero-order chi connectivity index (χ0) is 11.4. The van der Waals surface area contributed by atoms with E-state index in [1.54, 1.807) is 28.7 Å². The molecular weight excluding hydrogens is 381 g/mol. The number of nitrogens with zero attached hydrogens (tertiary/aromatic N) is 2. The number of rotatable bonds is 3. The first-order chi connectivity index (χ1) is 7.10. The first-order valence-electron chi connectivity index (χ1n) is 3.99. The van der Waals surface area contributed by atoms with Crippen LogP contribution < -0.4 is 0 Å². The van der Waals surface area contributed by atoms with Crippen molar-refractivity contribution in [2.45, 2.75) is 18.2 Å². The number of hydrogen-bond donors (Lipinski definition) is 0. The molecule has 0 amide bonds. The molecule has 0 aromatic carbocycles. The summed E-state index contributed by atoms with van der Waals surface area (Å²) in [6, 6.07) is 3.49. The lowest BCUT2D eigenvalue weighted by atomic mass is 10.1. The summed E-state index contributed by atoms with van der Waals surface area (Å²) in [4.78, 5) is 3.96. The van der Waals surface area contributed by atoms with E-state index in [0.29, 0.717) is 16.6 Å². The summed E-state index contributed by atoms with van der Waals surface area (Å²) in [7, 11) is 0. The number of hydrogen-bond acceptors (Lipinski definition) is 2. The summed E-state index contributed by atoms with van der Waals surface area (Å²) in [6.45, 7) is 0. The molecule has 1 rings (SSSR count). The predicted octanol–water partition coefficient (Wildman–Crippen LogP) is 3.58. The van der Waals surface area contributed by atoms with Crippen molar-refractivity contribution in [3.05, 3.63) is 26.6 Å². The van der Waals surface area contributed by atoms with Crippen LogP contribution in [0.3, 0.4) is 0 Å². The van der Waals surface area contributed by atoms with Gasteiger partial charge in [0, 0.05) is 5.33 Å². The van der Waals surface area contributed by atoms with Crippen molar-refractivity contribution >= 4 is 38.5 Å². The second-order valence-corrected chi connectivity index (χ2v) is 4.33. The first-order valence-corrected chi connectivity index (χ1v) is 6.19. The van der Waals surface area contributed by atoms with Crippen molar-refractivity contribution in [2.24, 2.45) is 0 Å². The molecule has 1 aromatic rings. The highest BCUT2D eigenvalue weighted by molar-refractivity contribution is 14.1. The zero-order valence-corrected chi connectivity index (χ0v) is 11.2. The van der Waals surface area contributed by atoms with Crippen molar-refractivity contribution in [1.82, 2.24) is 4.98 Å². The lowest BCUT2D eigenvalue weighted by molar-refractivity contribution is 0.149. The summed E-state index contributed by atoms with van der Waals surface area (Å²) in [5.74, 6) is 0. The van der Waals surface area contributed by atoms with Crippen LogP contribution in [0.15, 0.2) is 6.07 Å². The third-order valence-corrected chi connectivity index (χ3v) is 3.20. The van der Waals surface area contributed by atoms with Gasteiger partial charge in [0.05, 0.1) is 23.7 Å². The largest absolute Gasteiger partial charge is 0.266 e. The topological polar surface area (TPSA) is 36.7 Å². The average molecular weight is 387 g/mol. The van der Waals surface area contributed by atoms with E-state index in [0.717, 1.165) is 0 Å². The van der Waals surface area contributed by atoms with Crippen LogP contribution in [-0.4, -0.2) is 4.98 Å².